The third-order valence-corrected chi connectivity index (χ3v) is 5.67. The molecule has 1 saturated carbocycles. The summed E-state index contributed by atoms with van der Waals surface area (Å²) < 4.78 is 5.41. The number of hydrogen-bond acceptors (Lipinski definition) is 4. The first-order valence-corrected chi connectivity index (χ1v) is 9.70. The number of piperazine rings is 1. The Balaban J connectivity index is 1.56. The van der Waals surface area contributed by atoms with E-state index in [4.69, 9.17) is 4.74 Å². The molecule has 2 aliphatic rings. The third-order valence-electron chi connectivity index (χ3n) is 5.67. The van der Waals surface area contributed by atoms with Gasteiger partial charge in [-0.2, -0.15) is 0 Å². The van der Waals surface area contributed by atoms with Gasteiger partial charge in [-0.25, -0.2) is 0 Å². The Bertz CT molecular complexity index is 555. The van der Waals surface area contributed by atoms with Gasteiger partial charge >= 0.3 is 0 Å². The van der Waals surface area contributed by atoms with Gasteiger partial charge in [0.25, 0.3) is 0 Å². The first kappa shape index (κ1) is 18.4. The van der Waals surface area contributed by atoms with E-state index in [1.807, 2.05) is 18.2 Å². The summed E-state index contributed by atoms with van der Waals surface area (Å²) in [5, 5.41) is 9.47. The van der Waals surface area contributed by atoms with E-state index in [9.17, 15) is 5.11 Å². The van der Waals surface area contributed by atoms with Gasteiger partial charge in [-0.3, -0.25) is 9.80 Å². The van der Waals surface area contributed by atoms with Crippen LogP contribution in [-0.2, 0) is 0 Å². The molecule has 1 aromatic rings. The Labute approximate surface area is 152 Å². The zero-order valence-corrected chi connectivity index (χ0v) is 15.4. The Hall–Kier alpha value is -1.36. The maximum Gasteiger partial charge on any atom is 0.126 e. The Morgan fingerprint density at radius 3 is 2.76 bits per heavy atom. The smallest absolute Gasteiger partial charge is 0.126 e. The van der Waals surface area contributed by atoms with E-state index in [-0.39, 0.29) is 0 Å². The van der Waals surface area contributed by atoms with Crippen LogP contribution in [-0.4, -0.2) is 66.9 Å². The molecule has 0 aromatic heterocycles. The summed E-state index contributed by atoms with van der Waals surface area (Å²) in [6.45, 7) is 4.57. The number of aliphatic hydroxyl groups is 1. The van der Waals surface area contributed by atoms with Crippen LogP contribution in [0.4, 0.5) is 0 Å². The summed E-state index contributed by atoms with van der Waals surface area (Å²) in [7, 11) is 1.72. The number of rotatable bonds is 7. The van der Waals surface area contributed by atoms with Crippen LogP contribution in [0.1, 0.15) is 37.7 Å². The summed E-state index contributed by atoms with van der Waals surface area (Å²) in [6.07, 6.45) is 10.7. The fourth-order valence-electron chi connectivity index (χ4n) is 4.36. The van der Waals surface area contributed by atoms with Crippen LogP contribution in [0.15, 0.2) is 30.3 Å². The third kappa shape index (κ3) is 4.84. The highest BCUT2D eigenvalue weighted by molar-refractivity contribution is 5.57. The first-order chi connectivity index (χ1) is 12.3. The zero-order valence-electron chi connectivity index (χ0n) is 15.4. The molecule has 0 bridgehead atoms. The molecule has 0 amide bonds. The van der Waals surface area contributed by atoms with E-state index in [1.54, 1.807) is 7.11 Å². The lowest BCUT2D eigenvalue weighted by Gasteiger charge is -2.44. The fourth-order valence-corrected chi connectivity index (χ4v) is 4.36. The second-order valence-electron chi connectivity index (χ2n) is 7.25. The first-order valence-electron chi connectivity index (χ1n) is 9.70. The van der Waals surface area contributed by atoms with E-state index in [0.717, 1.165) is 50.0 Å². The highest BCUT2D eigenvalue weighted by atomic mass is 16.5. The zero-order chi connectivity index (χ0) is 17.5. The fraction of sp³-hybridized carbons (Fsp3) is 0.619. The minimum Gasteiger partial charge on any atom is -0.496 e. The summed E-state index contributed by atoms with van der Waals surface area (Å²) in [6, 6.07) is 9.38. The van der Waals surface area contributed by atoms with Crippen molar-refractivity contribution in [2.24, 2.45) is 0 Å². The standard InChI is InChI=1S/C21H32N2O2/c1-25-21-11-5-2-7-18(21)8-6-13-22-14-15-23(19-9-3-4-10-19)20(17-22)12-16-24/h2,5-8,11,19-20,24H,3-4,9-10,12-17H2,1H3/b8-6+/t20-/m0/s1. The van der Waals surface area contributed by atoms with E-state index in [0.29, 0.717) is 12.6 Å². The maximum atomic E-state index is 9.47. The number of para-hydroxylation sites is 1. The van der Waals surface area contributed by atoms with Crippen molar-refractivity contribution in [3.05, 3.63) is 35.9 Å². The Morgan fingerprint density at radius 1 is 1.20 bits per heavy atom. The monoisotopic (exact) mass is 344 g/mol. The molecule has 25 heavy (non-hydrogen) atoms. The van der Waals surface area contributed by atoms with Crippen LogP contribution in [0.25, 0.3) is 6.08 Å². The molecule has 1 saturated heterocycles. The van der Waals surface area contributed by atoms with E-state index >= 15 is 0 Å². The molecular formula is C21H32N2O2. The maximum absolute atomic E-state index is 9.47. The highest BCUT2D eigenvalue weighted by Crippen LogP contribution is 2.28. The van der Waals surface area contributed by atoms with Gasteiger partial charge in [0.1, 0.15) is 5.75 Å². The molecule has 138 valence electrons. The quantitative estimate of drug-likeness (QED) is 0.825. The Kier molecular flexibility index (Phi) is 6.91. The number of hydrogen-bond donors (Lipinski definition) is 1. The minimum atomic E-state index is 0.290. The molecule has 0 spiro atoms. The van der Waals surface area contributed by atoms with Gasteiger partial charge in [-0.1, -0.05) is 43.2 Å². The normalized spacial score (nSPS) is 23.5. The lowest BCUT2D eigenvalue weighted by molar-refractivity contribution is 0.0347. The van der Waals surface area contributed by atoms with Crippen molar-refractivity contribution in [1.29, 1.82) is 0 Å². The predicted octanol–water partition coefficient (Wildman–Crippen LogP) is 3.02. The van der Waals surface area contributed by atoms with Crippen molar-refractivity contribution >= 4 is 6.08 Å². The molecule has 1 aliphatic carbocycles. The topological polar surface area (TPSA) is 35.9 Å². The second kappa shape index (κ2) is 9.37. The molecule has 1 atom stereocenters. The molecule has 1 N–H and O–H groups in total. The van der Waals surface area contributed by atoms with Crippen molar-refractivity contribution in [3.8, 4) is 5.75 Å². The molecule has 4 heteroatoms. The molecule has 0 unspecified atom stereocenters. The van der Waals surface area contributed by atoms with Crippen LogP contribution in [0.2, 0.25) is 0 Å². The van der Waals surface area contributed by atoms with Gasteiger partial charge in [0.15, 0.2) is 0 Å². The molecule has 1 aromatic carbocycles. The van der Waals surface area contributed by atoms with E-state index < -0.39 is 0 Å². The summed E-state index contributed by atoms with van der Waals surface area (Å²) >= 11 is 0. The summed E-state index contributed by atoms with van der Waals surface area (Å²) in [4.78, 5) is 5.20. The lowest BCUT2D eigenvalue weighted by atomic mass is 10.0. The number of ether oxygens (including phenoxy) is 1. The number of aliphatic hydroxyl groups excluding tert-OH is 1. The number of benzene rings is 1. The lowest BCUT2D eigenvalue weighted by Crippen LogP contribution is -2.56. The van der Waals surface area contributed by atoms with Crippen molar-refractivity contribution in [2.75, 3.05) is 39.9 Å². The van der Waals surface area contributed by atoms with E-state index in [1.165, 1.54) is 25.7 Å². The minimum absolute atomic E-state index is 0.290. The second-order valence-corrected chi connectivity index (χ2v) is 7.25. The summed E-state index contributed by atoms with van der Waals surface area (Å²) in [5.41, 5.74) is 1.13. The van der Waals surface area contributed by atoms with Gasteiger partial charge in [0.05, 0.1) is 7.11 Å². The van der Waals surface area contributed by atoms with Crippen LogP contribution in [0.3, 0.4) is 0 Å². The van der Waals surface area contributed by atoms with Gasteiger partial charge < -0.3 is 9.84 Å². The van der Waals surface area contributed by atoms with Crippen LogP contribution < -0.4 is 4.74 Å². The van der Waals surface area contributed by atoms with E-state index in [2.05, 4.69) is 28.0 Å². The molecular weight excluding hydrogens is 312 g/mol. The highest BCUT2D eigenvalue weighted by Gasteiger charge is 2.32. The Morgan fingerprint density at radius 2 is 2.00 bits per heavy atom. The van der Waals surface area contributed by atoms with Crippen molar-refractivity contribution in [3.63, 3.8) is 0 Å². The summed E-state index contributed by atoms with van der Waals surface area (Å²) in [5.74, 6) is 0.919. The molecule has 4 nitrogen and oxygen atoms in total. The van der Waals surface area contributed by atoms with Crippen molar-refractivity contribution in [2.45, 2.75) is 44.2 Å². The van der Waals surface area contributed by atoms with Crippen molar-refractivity contribution < 1.29 is 9.84 Å². The molecule has 3 rings (SSSR count). The molecule has 0 radical (unpaired) electrons. The number of methoxy groups -OCH3 is 1. The van der Waals surface area contributed by atoms with Crippen LogP contribution in [0.5, 0.6) is 5.75 Å². The molecule has 1 heterocycles. The van der Waals surface area contributed by atoms with Crippen LogP contribution >= 0.6 is 0 Å². The van der Waals surface area contributed by atoms with Crippen molar-refractivity contribution in [1.82, 2.24) is 9.80 Å². The SMILES string of the molecule is COc1ccccc1/C=C/CN1CCN(C2CCCC2)[C@@H](CCO)C1. The molecule has 2 fully saturated rings. The average Bonchev–Trinajstić information content (AvgIpc) is 3.17. The van der Waals surface area contributed by atoms with Crippen LogP contribution in [0, 0.1) is 0 Å². The van der Waals surface area contributed by atoms with Gasteiger partial charge in [0, 0.05) is 50.4 Å². The molecule has 1 aliphatic heterocycles. The largest absolute Gasteiger partial charge is 0.496 e. The van der Waals surface area contributed by atoms with Gasteiger partial charge in [0.2, 0.25) is 0 Å². The number of nitrogens with zero attached hydrogens (tertiary/aromatic N) is 2. The average molecular weight is 344 g/mol. The van der Waals surface area contributed by atoms with Gasteiger partial charge in [-0.05, 0) is 25.3 Å². The van der Waals surface area contributed by atoms with Gasteiger partial charge in [-0.15, -0.1) is 0 Å². The predicted molar refractivity (Wildman–Crippen MR) is 103 cm³/mol.